The fourth-order valence-electron chi connectivity index (χ4n) is 2.78. The van der Waals surface area contributed by atoms with Crippen LogP contribution in [0, 0.1) is 5.92 Å². The molecule has 0 fully saturated rings. The quantitative estimate of drug-likeness (QED) is 0.606. The molecular formula is C21H30N4O5. The van der Waals surface area contributed by atoms with Crippen LogP contribution >= 0.6 is 0 Å². The summed E-state index contributed by atoms with van der Waals surface area (Å²) in [6.45, 7) is 4.94. The molecule has 0 aliphatic rings. The van der Waals surface area contributed by atoms with E-state index in [1.807, 2.05) is 32.8 Å². The number of amides is 2. The van der Waals surface area contributed by atoms with Crippen LogP contribution in [0.5, 0.6) is 11.5 Å². The number of ether oxygens (including phenoxy) is 2. The SMILES string of the molecule is COc1ccc(OC)c(-c2cc(C(=O)NC(C(=O)NCCN(C)C)C(C)C)no2)c1. The lowest BCUT2D eigenvalue weighted by Gasteiger charge is -2.21. The molecule has 1 aromatic carbocycles. The molecule has 0 radical (unpaired) electrons. The monoisotopic (exact) mass is 418 g/mol. The molecule has 9 heteroatoms. The fraction of sp³-hybridized carbons (Fsp3) is 0.476. The molecule has 164 valence electrons. The number of nitrogens with one attached hydrogen (secondary N) is 2. The third-order valence-corrected chi connectivity index (χ3v) is 4.51. The molecule has 2 N–H and O–H groups in total. The van der Waals surface area contributed by atoms with Crippen LogP contribution in [-0.4, -0.2) is 69.3 Å². The lowest BCUT2D eigenvalue weighted by Crippen LogP contribution is -2.50. The Morgan fingerprint density at radius 2 is 1.90 bits per heavy atom. The number of nitrogens with zero attached hydrogens (tertiary/aromatic N) is 2. The highest BCUT2D eigenvalue weighted by Gasteiger charge is 2.26. The van der Waals surface area contributed by atoms with Crippen molar-refractivity contribution >= 4 is 11.8 Å². The second-order valence-corrected chi connectivity index (χ2v) is 7.43. The van der Waals surface area contributed by atoms with Gasteiger partial charge in [-0.1, -0.05) is 19.0 Å². The number of benzene rings is 1. The molecule has 9 nitrogen and oxygen atoms in total. The number of hydrogen-bond acceptors (Lipinski definition) is 7. The van der Waals surface area contributed by atoms with Gasteiger partial charge in [-0.05, 0) is 38.2 Å². The van der Waals surface area contributed by atoms with E-state index in [4.69, 9.17) is 14.0 Å². The van der Waals surface area contributed by atoms with Crippen molar-refractivity contribution in [3.05, 3.63) is 30.0 Å². The van der Waals surface area contributed by atoms with Crippen molar-refractivity contribution in [1.82, 2.24) is 20.7 Å². The lowest BCUT2D eigenvalue weighted by molar-refractivity contribution is -0.123. The summed E-state index contributed by atoms with van der Waals surface area (Å²) in [7, 11) is 6.94. The standard InChI is InChI=1S/C21H30N4O5/c1-13(2)19(21(27)22-9-10-25(3)4)23-20(26)16-12-18(30-24-16)15-11-14(28-5)7-8-17(15)29-6/h7-8,11-13,19H,9-10H2,1-6H3,(H,22,27)(H,23,26). The summed E-state index contributed by atoms with van der Waals surface area (Å²) < 4.78 is 15.9. The topological polar surface area (TPSA) is 106 Å². The first-order valence-corrected chi connectivity index (χ1v) is 9.69. The molecule has 0 aliphatic heterocycles. The van der Waals surface area contributed by atoms with Gasteiger partial charge in [-0.2, -0.15) is 0 Å². The zero-order chi connectivity index (χ0) is 22.3. The molecule has 2 aromatic rings. The number of hydrogen-bond donors (Lipinski definition) is 2. The Morgan fingerprint density at radius 3 is 2.50 bits per heavy atom. The summed E-state index contributed by atoms with van der Waals surface area (Å²) in [4.78, 5) is 27.2. The summed E-state index contributed by atoms with van der Waals surface area (Å²) >= 11 is 0. The first kappa shape index (κ1) is 23.2. The number of rotatable bonds is 10. The largest absolute Gasteiger partial charge is 0.497 e. The Balaban J connectivity index is 2.14. The number of carbonyl (C=O) groups excluding carboxylic acids is 2. The summed E-state index contributed by atoms with van der Waals surface area (Å²) in [5.41, 5.74) is 0.673. The first-order valence-electron chi connectivity index (χ1n) is 9.69. The summed E-state index contributed by atoms with van der Waals surface area (Å²) in [5, 5.41) is 9.44. The Kier molecular flexibility index (Phi) is 8.23. The van der Waals surface area contributed by atoms with Gasteiger partial charge in [0.05, 0.1) is 19.8 Å². The predicted molar refractivity (Wildman–Crippen MR) is 113 cm³/mol. The van der Waals surface area contributed by atoms with Gasteiger partial charge in [0.2, 0.25) is 5.91 Å². The first-order chi connectivity index (χ1) is 14.3. The molecule has 0 spiro atoms. The van der Waals surface area contributed by atoms with Crippen LogP contribution in [0.2, 0.25) is 0 Å². The summed E-state index contributed by atoms with van der Waals surface area (Å²) in [6.07, 6.45) is 0. The maximum atomic E-state index is 12.7. The molecule has 1 aromatic heterocycles. The lowest BCUT2D eigenvalue weighted by atomic mass is 10.0. The van der Waals surface area contributed by atoms with Gasteiger partial charge in [-0.15, -0.1) is 0 Å². The number of aromatic nitrogens is 1. The van der Waals surface area contributed by atoms with Gasteiger partial charge < -0.3 is 29.5 Å². The van der Waals surface area contributed by atoms with Crippen molar-refractivity contribution in [2.45, 2.75) is 19.9 Å². The summed E-state index contributed by atoms with van der Waals surface area (Å²) in [5.74, 6) is 0.694. The molecule has 30 heavy (non-hydrogen) atoms. The van der Waals surface area contributed by atoms with E-state index < -0.39 is 11.9 Å². The molecule has 0 aliphatic carbocycles. The van der Waals surface area contributed by atoms with Crippen LogP contribution in [-0.2, 0) is 4.79 Å². The Morgan fingerprint density at radius 1 is 1.17 bits per heavy atom. The second-order valence-electron chi connectivity index (χ2n) is 7.43. The van der Waals surface area contributed by atoms with Gasteiger partial charge in [0, 0.05) is 19.2 Å². The van der Waals surface area contributed by atoms with Crippen LogP contribution < -0.4 is 20.1 Å². The van der Waals surface area contributed by atoms with E-state index in [1.54, 1.807) is 25.3 Å². The highest BCUT2D eigenvalue weighted by atomic mass is 16.5. The van der Waals surface area contributed by atoms with Crippen LogP contribution in [0.15, 0.2) is 28.8 Å². The van der Waals surface area contributed by atoms with Gasteiger partial charge in [-0.3, -0.25) is 9.59 Å². The minimum absolute atomic E-state index is 0.0709. The highest BCUT2D eigenvalue weighted by molar-refractivity contribution is 5.96. The highest BCUT2D eigenvalue weighted by Crippen LogP contribution is 2.33. The van der Waals surface area contributed by atoms with Crippen molar-refractivity contribution < 1.29 is 23.6 Å². The van der Waals surface area contributed by atoms with Crippen LogP contribution in [0.1, 0.15) is 24.3 Å². The molecule has 1 atom stereocenters. The Bertz CT molecular complexity index is 863. The molecule has 1 unspecified atom stereocenters. The molecule has 0 saturated carbocycles. The van der Waals surface area contributed by atoms with Gasteiger partial charge in [0.25, 0.3) is 5.91 Å². The van der Waals surface area contributed by atoms with Crippen molar-refractivity contribution in [1.29, 1.82) is 0 Å². The van der Waals surface area contributed by atoms with Crippen molar-refractivity contribution in [2.75, 3.05) is 41.4 Å². The van der Waals surface area contributed by atoms with E-state index >= 15 is 0 Å². The van der Waals surface area contributed by atoms with Gasteiger partial charge in [0.15, 0.2) is 11.5 Å². The molecule has 2 amide bonds. The average molecular weight is 418 g/mol. The van der Waals surface area contributed by atoms with Crippen molar-refractivity contribution in [2.24, 2.45) is 5.92 Å². The smallest absolute Gasteiger partial charge is 0.274 e. The van der Waals surface area contributed by atoms with E-state index in [0.29, 0.717) is 35.9 Å². The number of likely N-dealkylation sites (N-methyl/N-ethyl adjacent to an activating group) is 1. The van der Waals surface area contributed by atoms with Gasteiger partial charge in [0.1, 0.15) is 17.5 Å². The van der Waals surface area contributed by atoms with E-state index in [0.717, 1.165) is 0 Å². The Hall–Kier alpha value is -3.07. The average Bonchev–Trinajstić information content (AvgIpc) is 3.20. The van der Waals surface area contributed by atoms with Crippen LogP contribution in [0.25, 0.3) is 11.3 Å². The maximum absolute atomic E-state index is 12.7. The molecule has 1 heterocycles. The van der Waals surface area contributed by atoms with Crippen molar-refractivity contribution in [3.8, 4) is 22.8 Å². The molecule has 0 bridgehead atoms. The number of methoxy groups -OCH3 is 2. The second kappa shape index (κ2) is 10.6. The maximum Gasteiger partial charge on any atom is 0.274 e. The third-order valence-electron chi connectivity index (χ3n) is 4.51. The zero-order valence-electron chi connectivity index (χ0n) is 18.3. The van der Waals surface area contributed by atoms with Crippen LogP contribution in [0.3, 0.4) is 0 Å². The van der Waals surface area contributed by atoms with E-state index in [-0.39, 0.29) is 17.5 Å². The molecule has 2 rings (SSSR count). The molecular weight excluding hydrogens is 388 g/mol. The Labute approximate surface area is 176 Å². The molecule has 0 saturated heterocycles. The summed E-state index contributed by atoms with van der Waals surface area (Å²) in [6, 6.07) is 6.05. The predicted octanol–water partition coefficient (Wildman–Crippen LogP) is 1.79. The third kappa shape index (κ3) is 5.96. The van der Waals surface area contributed by atoms with Crippen molar-refractivity contribution in [3.63, 3.8) is 0 Å². The van der Waals surface area contributed by atoms with E-state index in [1.165, 1.54) is 13.2 Å². The minimum atomic E-state index is -0.689. The van der Waals surface area contributed by atoms with Gasteiger partial charge in [-0.25, -0.2) is 0 Å². The zero-order valence-corrected chi connectivity index (χ0v) is 18.3. The fourth-order valence-corrected chi connectivity index (χ4v) is 2.78. The number of carbonyl (C=O) groups is 2. The van der Waals surface area contributed by atoms with E-state index in [9.17, 15) is 9.59 Å². The van der Waals surface area contributed by atoms with Crippen LogP contribution in [0.4, 0.5) is 0 Å². The van der Waals surface area contributed by atoms with E-state index in [2.05, 4.69) is 15.8 Å². The normalized spacial score (nSPS) is 12.0. The minimum Gasteiger partial charge on any atom is -0.497 e. The van der Waals surface area contributed by atoms with Gasteiger partial charge >= 0.3 is 0 Å².